The van der Waals surface area contributed by atoms with Crippen LogP contribution in [0.4, 0.5) is 0 Å². The molecule has 0 atom stereocenters. The molecule has 0 aromatic rings. The van der Waals surface area contributed by atoms with Gasteiger partial charge in [0.15, 0.2) is 0 Å². The fraction of sp³-hybridized carbons (Fsp3) is 1.00. The minimum Gasteiger partial charge on any atom is -0.306 e. The third-order valence-electron chi connectivity index (χ3n) is 3.43. The van der Waals surface area contributed by atoms with Crippen molar-refractivity contribution in [2.45, 2.75) is 39.5 Å². The van der Waals surface area contributed by atoms with Crippen LogP contribution in [0, 0.1) is 5.92 Å². The summed E-state index contributed by atoms with van der Waals surface area (Å²) < 4.78 is 0. The van der Waals surface area contributed by atoms with Crippen molar-refractivity contribution in [2.24, 2.45) is 5.92 Å². The molecule has 2 nitrogen and oxygen atoms in total. The highest BCUT2D eigenvalue weighted by Gasteiger charge is 2.18. The van der Waals surface area contributed by atoms with Gasteiger partial charge in [0.2, 0.25) is 0 Å². The van der Waals surface area contributed by atoms with E-state index >= 15 is 0 Å². The molecule has 1 rings (SSSR count). The summed E-state index contributed by atoms with van der Waals surface area (Å²) in [5.41, 5.74) is 0. The van der Waals surface area contributed by atoms with Crippen molar-refractivity contribution in [2.75, 3.05) is 39.8 Å². The maximum Gasteiger partial charge on any atom is 0.00106 e. The summed E-state index contributed by atoms with van der Waals surface area (Å²) in [4.78, 5) is 5.12. The standard InChI is InChI=1S/C13H28N2/c1-4-8-15(9-5-2)12-13-6-10-14(3)11-7-13/h13H,4-12H2,1-3H3. The average Bonchev–Trinajstić information content (AvgIpc) is 2.22. The third-order valence-corrected chi connectivity index (χ3v) is 3.43. The molecule has 15 heavy (non-hydrogen) atoms. The second kappa shape index (κ2) is 7.24. The zero-order valence-electron chi connectivity index (χ0n) is 10.8. The number of hydrogen-bond donors (Lipinski definition) is 0. The fourth-order valence-corrected chi connectivity index (χ4v) is 2.54. The largest absolute Gasteiger partial charge is 0.306 e. The molecule has 1 aliphatic heterocycles. The molecule has 0 aromatic carbocycles. The first-order chi connectivity index (χ1) is 7.26. The molecule has 1 heterocycles. The van der Waals surface area contributed by atoms with Crippen LogP contribution in [0.2, 0.25) is 0 Å². The molecule has 0 aromatic heterocycles. The van der Waals surface area contributed by atoms with Crippen molar-refractivity contribution < 1.29 is 0 Å². The lowest BCUT2D eigenvalue weighted by Gasteiger charge is -2.33. The van der Waals surface area contributed by atoms with Gasteiger partial charge in [-0.3, -0.25) is 0 Å². The van der Waals surface area contributed by atoms with Gasteiger partial charge in [-0.1, -0.05) is 13.8 Å². The summed E-state index contributed by atoms with van der Waals surface area (Å²) in [7, 11) is 2.24. The summed E-state index contributed by atoms with van der Waals surface area (Å²) in [5, 5.41) is 0. The van der Waals surface area contributed by atoms with E-state index in [-0.39, 0.29) is 0 Å². The van der Waals surface area contributed by atoms with Gasteiger partial charge >= 0.3 is 0 Å². The lowest BCUT2D eigenvalue weighted by atomic mass is 9.96. The molecule has 0 amide bonds. The molecule has 90 valence electrons. The van der Waals surface area contributed by atoms with Crippen LogP contribution >= 0.6 is 0 Å². The second-order valence-electron chi connectivity index (χ2n) is 5.05. The minimum atomic E-state index is 0.958. The van der Waals surface area contributed by atoms with Crippen molar-refractivity contribution in [3.63, 3.8) is 0 Å². The van der Waals surface area contributed by atoms with Crippen LogP contribution in [0.15, 0.2) is 0 Å². The molecule has 0 unspecified atom stereocenters. The Morgan fingerprint density at radius 3 is 2.07 bits per heavy atom. The van der Waals surface area contributed by atoms with E-state index in [9.17, 15) is 0 Å². The normalized spacial score (nSPS) is 20.0. The van der Waals surface area contributed by atoms with Gasteiger partial charge in [0.25, 0.3) is 0 Å². The highest BCUT2D eigenvalue weighted by Crippen LogP contribution is 2.17. The maximum absolute atomic E-state index is 2.66. The Morgan fingerprint density at radius 2 is 1.60 bits per heavy atom. The van der Waals surface area contributed by atoms with Crippen molar-refractivity contribution in [3.8, 4) is 0 Å². The van der Waals surface area contributed by atoms with Gasteiger partial charge in [-0.05, 0) is 64.8 Å². The van der Waals surface area contributed by atoms with Crippen molar-refractivity contribution in [1.82, 2.24) is 9.80 Å². The summed E-state index contributed by atoms with van der Waals surface area (Å²) in [6, 6.07) is 0. The number of piperidine rings is 1. The Morgan fingerprint density at radius 1 is 1.07 bits per heavy atom. The molecule has 0 N–H and O–H groups in total. The van der Waals surface area contributed by atoms with Gasteiger partial charge in [-0.25, -0.2) is 0 Å². The predicted molar refractivity (Wildman–Crippen MR) is 67.2 cm³/mol. The number of nitrogens with zero attached hydrogens (tertiary/aromatic N) is 2. The molecule has 0 radical (unpaired) electrons. The van der Waals surface area contributed by atoms with Gasteiger partial charge in [-0.15, -0.1) is 0 Å². The van der Waals surface area contributed by atoms with E-state index in [0.29, 0.717) is 0 Å². The first-order valence-corrected chi connectivity index (χ1v) is 6.67. The van der Waals surface area contributed by atoms with Crippen LogP contribution in [0.1, 0.15) is 39.5 Å². The highest BCUT2D eigenvalue weighted by molar-refractivity contribution is 4.73. The summed E-state index contributed by atoms with van der Waals surface area (Å²) in [6.45, 7) is 11.1. The monoisotopic (exact) mass is 212 g/mol. The summed E-state index contributed by atoms with van der Waals surface area (Å²) in [5.74, 6) is 0.958. The van der Waals surface area contributed by atoms with E-state index in [1.807, 2.05) is 0 Å². The smallest absolute Gasteiger partial charge is 0.00106 e. The van der Waals surface area contributed by atoms with Crippen LogP contribution in [-0.2, 0) is 0 Å². The molecule has 1 aliphatic rings. The van der Waals surface area contributed by atoms with Crippen LogP contribution in [0.5, 0.6) is 0 Å². The molecule has 1 fully saturated rings. The quantitative estimate of drug-likeness (QED) is 0.667. The molecule has 0 aliphatic carbocycles. The molecule has 1 saturated heterocycles. The summed E-state index contributed by atoms with van der Waals surface area (Å²) in [6.07, 6.45) is 5.40. The number of hydrogen-bond acceptors (Lipinski definition) is 2. The third kappa shape index (κ3) is 4.98. The number of rotatable bonds is 6. The van der Waals surface area contributed by atoms with Gasteiger partial charge < -0.3 is 9.80 Å². The zero-order valence-corrected chi connectivity index (χ0v) is 10.8. The van der Waals surface area contributed by atoms with E-state index in [1.165, 1.54) is 58.4 Å². The Labute approximate surface area is 95.6 Å². The molecule has 2 heteroatoms. The van der Waals surface area contributed by atoms with Crippen LogP contribution in [0.3, 0.4) is 0 Å². The van der Waals surface area contributed by atoms with Crippen molar-refractivity contribution >= 4 is 0 Å². The topological polar surface area (TPSA) is 6.48 Å². The average molecular weight is 212 g/mol. The number of likely N-dealkylation sites (tertiary alicyclic amines) is 1. The lowest BCUT2D eigenvalue weighted by molar-refractivity contribution is 0.160. The predicted octanol–water partition coefficient (Wildman–Crippen LogP) is 2.45. The Balaban J connectivity index is 2.24. The van der Waals surface area contributed by atoms with E-state index in [1.54, 1.807) is 0 Å². The second-order valence-corrected chi connectivity index (χ2v) is 5.05. The molecular formula is C13H28N2. The van der Waals surface area contributed by atoms with Crippen molar-refractivity contribution in [3.05, 3.63) is 0 Å². The SMILES string of the molecule is CCCN(CCC)CC1CCN(C)CC1. The summed E-state index contributed by atoms with van der Waals surface area (Å²) >= 11 is 0. The van der Waals surface area contributed by atoms with Crippen LogP contribution in [-0.4, -0.2) is 49.6 Å². The van der Waals surface area contributed by atoms with Gasteiger partial charge in [-0.2, -0.15) is 0 Å². The molecular weight excluding hydrogens is 184 g/mol. The maximum atomic E-state index is 2.66. The first-order valence-electron chi connectivity index (χ1n) is 6.67. The van der Waals surface area contributed by atoms with E-state index < -0.39 is 0 Å². The lowest BCUT2D eigenvalue weighted by Crippen LogP contribution is -2.37. The van der Waals surface area contributed by atoms with E-state index in [2.05, 4.69) is 30.7 Å². The fourth-order valence-electron chi connectivity index (χ4n) is 2.54. The van der Waals surface area contributed by atoms with Crippen molar-refractivity contribution in [1.29, 1.82) is 0 Å². The van der Waals surface area contributed by atoms with Crippen LogP contribution < -0.4 is 0 Å². The van der Waals surface area contributed by atoms with E-state index in [0.717, 1.165) is 5.92 Å². The van der Waals surface area contributed by atoms with Gasteiger partial charge in [0.1, 0.15) is 0 Å². The zero-order chi connectivity index (χ0) is 11.1. The molecule has 0 saturated carbocycles. The Hall–Kier alpha value is -0.0800. The van der Waals surface area contributed by atoms with Gasteiger partial charge in [0, 0.05) is 6.54 Å². The molecule has 0 bridgehead atoms. The Bertz CT molecular complexity index is 145. The van der Waals surface area contributed by atoms with E-state index in [4.69, 9.17) is 0 Å². The van der Waals surface area contributed by atoms with Crippen LogP contribution in [0.25, 0.3) is 0 Å². The highest BCUT2D eigenvalue weighted by atomic mass is 15.1. The first kappa shape index (κ1) is 13.0. The minimum absolute atomic E-state index is 0.958. The van der Waals surface area contributed by atoms with Gasteiger partial charge in [0.05, 0.1) is 0 Å². The molecule has 0 spiro atoms. The Kier molecular flexibility index (Phi) is 6.26.